The summed E-state index contributed by atoms with van der Waals surface area (Å²) in [5, 5.41) is 13.7. The van der Waals surface area contributed by atoms with Crippen molar-refractivity contribution in [1.29, 1.82) is 0 Å². The highest BCUT2D eigenvalue weighted by Gasteiger charge is 2.59. The number of aliphatic hydroxyl groups is 1. The van der Waals surface area contributed by atoms with Gasteiger partial charge in [-0.3, -0.25) is 0 Å². The lowest BCUT2D eigenvalue weighted by Crippen LogP contribution is -2.45. The number of hydrogen-bond donors (Lipinski definition) is 1. The zero-order valence-corrected chi connectivity index (χ0v) is 25.8. The average Bonchev–Trinajstić information content (AvgIpc) is 3.30. The fourth-order valence-electron chi connectivity index (χ4n) is 4.78. The van der Waals surface area contributed by atoms with Crippen molar-refractivity contribution in [2.45, 2.75) is 54.0 Å². The number of ether oxygens (including phenoxy) is 4. The van der Waals surface area contributed by atoms with E-state index in [2.05, 4.69) is 4.98 Å². The predicted octanol–water partition coefficient (Wildman–Crippen LogP) is 6.51. The van der Waals surface area contributed by atoms with Gasteiger partial charge < -0.3 is 24.1 Å². The lowest BCUT2D eigenvalue weighted by atomic mass is 10.0. The first-order chi connectivity index (χ1) is 20.5. The van der Waals surface area contributed by atoms with Crippen LogP contribution in [0.2, 0.25) is 5.15 Å². The first-order valence-corrected chi connectivity index (χ1v) is 16.3. The highest BCUT2D eigenvalue weighted by Crippen LogP contribution is 2.44. The maximum Gasteiger partial charge on any atom is 0.243 e. The van der Waals surface area contributed by atoms with Gasteiger partial charge in [0, 0.05) is 0 Å². The van der Waals surface area contributed by atoms with Gasteiger partial charge in [-0.15, -0.1) is 23.5 Å². The van der Waals surface area contributed by atoms with Crippen LogP contribution in [0.4, 0.5) is 0 Å². The Kier molecular flexibility index (Phi) is 10.9. The summed E-state index contributed by atoms with van der Waals surface area (Å²) in [7, 11) is 0. The third-order valence-electron chi connectivity index (χ3n) is 6.85. The molecule has 10 heteroatoms. The van der Waals surface area contributed by atoms with Crippen LogP contribution in [0.25, 0.3) is 0 Å². The van der Waals surface area contributed by atoms with Crippen molar-refractivity contribution in [2.75, 3.05) is 19.1 Å². The van der Waals surface area contributed by atoms with E-state index in [0.29, 0.717) is 16.7 Å². The molecule has 0 spiro atoms. The number of rotatable bonds is 13. The van der Waals surface area contributed by atoms with E-state index < -0.39 is 24.1 Å². The van der Waals surface area contributed by atoms with E-state index in [0.717, 1.165) is 16.7 Å². The van der Waals surface area contributed by atoms with E-state index in [-0.39, 0.29) is 30.7 Å². The van der Waals surface area contributed by atoms with E-state index in [4.69, 9.17) is 35.5 Å². The molecule has 2 heterocycles. The molecule has 1 N–H and O–H groups in total. The van der Waals surface area contributed by atoms with E-state index in [1.165, 1.54) is 23.5 Å². The molecule has 4 atom stereocenters. The minimum atomic E-state index is -2.05. The van der Waals surface area contributed by atoms with Gasteiger partial charge in [-0.25, -0.2) is 9.97 Å². The molecule has 0 radical (unpaired) electrons. The van der Waals surface area contributed by atoms with Crippen LogP contribution >= 0.6 is 35.1 Å². The van der Waals surface area contributed by atoms with E-state index in [1.54, 1.807) is 0 Å². The van der Waals surface area contributed by atoms with Gasteiger partial charge in [-0.2, -0.15) is 0 Å². The molecule has 1 unspecified atom stereocenters. The van der Waals surface area contributed by atoms with Crippen LogP contribution in [0.5, 0.6) is 0 Å². The zero-order valence-electron chi connectivity index (χ0n) is 23.4. The smallest absolute Gasteiger partial charge is 0.243 e. The van der Waals surface area contributed by atoms with E-state index in [1.807, 2.05) is 104 Å². The van der Waals surface area contributed by atoms with Crippen LogP contribution in [-0.4, -0.2) is 52.5 Å². The number of hydrogen-bond acceptors (Lipinski definition) is 9. The second-order valence-corrected chi connectivity index (χ2v) is 11.7. The second kappa shape index (κ2) is 14.8. The number of aromatic nitrogens is 2. The lowest BCUT2D eigenvalue weighted by Gasteiger charge is -2.30. The average molecular weight is 625 g/mol. The first kappa shape index (κ1) is 31.0. The molecule has 4 aromatic rings. The number of halogens is 1. The van der Waals surface area contributed by atoms with Gasteiger partial charge in [0.05, 0.1) is 26.4 Å². The molecule has 3 aromatic carbocycles. The fraction of sp³-hybridized carbons (Fsp3) is 0.312. The molecular formula is C32H33ClN2O5S2. The van der Waals surface area contributed by atoms with Crippen LogP contribution < -0.4 is 0 Å². The Bertz CT molecular complexity index is 1420. The van der Waals surface area contributed by atoms with Gasteiger partial charge in [0.25, 0.3) is 0 Å². The molecule has 0 amide bonds. The van der Waals surface area contributed by atoms with Gasteiger partial charge in [0.15, 0.2) is 5.15 Å². The minimum Gasteiger partial charge on any atom is -0.374 e. The quantitative estimate of drug-likeness (QED) is 0.168. The van der Waals surface area contributed by atoms with E-state index in [9.17, 15) is 5.11 Å². The molecule has 5 rings (SSSR count). The van der Waals surface area contributed by atoms with Crippen LogP contribution in [0.1, 0.15) is 22.4 Å². The monoisotopic (exact) mass is 624 g/mol. The molecule has 0 bridgehead atoms. The number of benzene rings is 3. The summed E-state index contributed by atoms with van der Waals surface area (Å²) in [5.74, 6) is -2.05. The standard InChI is InChI=1S/C32H33ClN2O5S2/c1-41-30-31(42-2)35-29(33)27(34-30)32(36)28(39-20-24-16-10-5-11-17-24)26(38-19-23-14-8-4-9-15-23)25(40-32)21-37-18-22-12-6-3-7-13-22/h3-17,25-26,28,36H,18-21H2,1-2H3/t25-,26-,28-,32?/m1/s1. The van der Waals surface area contributed by atoms with Crippen LogP contribution in [0.3, 0.4) is 0 Å². The Balaban J connectivity index is 1.49. The van der Waals surface area contributed by atoms with Crippen LogP contribution in [0, 0.1) is 0 Å². The SMILES string of the molecule is CSc1nc(Cl)c(C2(O)O[C@H](COCc3ccccc3)[C@@H](OCc3ccccc3)[C@H]2OCc2ccccc2)nc1SC. The lowest BCUT2D eigenvalue weighted by molar-refractivity contribution is -0.255. The van der Waals surface area contributed by atoms with Gasteiger partial charge in [-0.1, -0.05) is 103 Å². The summed E-state index contributed by atoms with van der Waals surface area (Å²) in [4.78, 5) is 9.26. The minimum absolute atomic E-state index is 0.0422. The molecule has 1 aliphatic heterocycles. The summed E-state index contributed by atoms with van der Waals surface area (Å²) >= 11 is 9.53. The highest BCUT2D eigenvalue weighted by molar-refractivity contribution is 8.01. The number of thioether (sulfide) groups is 2. The second-order valence-electron chi connectivity index (χ2n) is 9.71. The van der Waals surface area contributed by atoms with Crippen molar-refractivity contribution in [3.8, 4) is 0 Å². The summed E-state index contributed by atoms with van der Waals surface area (Å²) in [5.41, 5.74) is 3.02. The molecule has 1 saturated heterocycles. The Morgan fingerprint density at radius 2 is 1.26 bits per heavy atom. The molecule has 42 heavy (non-hydrogen) atoms. The van der Waals surface area contributed by atoms with E-state index >= 15 is 0 Å². The fourth-order valence-corrected chi connectivity index (χ4v) is 6.40. The van der Waals surface area contributed by atoms with Crippen molar-refractivity contribution in [3.63, 3.8) is 0 Å². The zero-order chi connectivity index (χ0) is 29.4. The topological polar surface area (TPSA) is 82.9 Å². The van der Waals surface area contributed by atoms with Crippen molar-refractivity contribution < 1.29 is 24.1 Å². The van der Waals surface area contributed by atoms with Gasteiger partial charge >= 0.3 is 0 Å². The summed E-state index contributed by atoms with van der Waals surface area (Å²) in [6, 6.07) is 29.4. The normalized spacial score (nSPS) is 22.0. The molecule has 7 nitrogen and oxygen atoms in total. The largest absolute Gasteiger partial charge is 0.374 e. The molecule has 1 aromatic heterocycles. The Labute approximate surface area is 259 Å². The molecular weight excluding hydrogens is 592 g/mol. The summed E-state index contributed by atoms with van der Waals surface area (Å²) in [6.07, 6.45) is 1.40. The van der Waals surface area contributed by atoms with Gasteiger partial charge in [0.1, 0.15) is 34.1 Å². The Morgan fingerprint density at radius 1 is 0.762 bits per heavy atom. The van der Waals surface area contributed by atoms with Crippen molar-refractivity contribution in [3.05, 3.63) is 119 Å². The van der Waals surface area contributed by atoms with Gasteiger partial charge in [-0.05, 0) is 29.2 Å². The van der Waals surface area contributed by atoms with Crippen molar-refractivity contribution in [1.82, 2.24) is 9.97 Å². The third-order valence-corrected chi connectivity index (χ3v) is 8.59. The molecule has 0 saturated carbocycles. The maximum atomic E-state index is 12.3. The van der Waals surface area contributed by atoms with Gasteiger partial charge in [0.2, 0.25) is 5.79 Å². The molecule has 1 aliphatic rings. The summed E-state index contributed by atoms with van der Waals surface area (Å²) in [6.45, 7) is 1.01. The summed E-state index contributed by atoms with van der Waals surface area (Å²) < 4.78 is 25.4. The Morgan fingerprint density at radius 3 is 1.81 bits per heavy atom. The Hall–Kier alpha value is -2.47. The van der Waals surface area contributed by atoms with Crippen LogP contribution in [0.15, 0.2) is 101 Å². The van der Waals surface area contributed by atoms with Crippen molar-refractivity contribution >= 4 is 35.1 Å². The molecule has 1 fully saturated rings. The first-order valence-electron chi connectivity index (χ1n) is 13.5. The predicted molar refractivity (Wildman–Crippen MR) is 166 cm³/mol. The maximum absolute atomic E-state index is 12.3. The molecule has 0 aliphatic carbocycles. The van der Waals surface area contributed by atoms with Crippen molar-refractivity contribution in [2.24, 2.45) is 0 Å². The highest BCUT2D eigenvalue weighted by atomic mass is 35.5. The third kappa shape index (κ3) is 7.35. The molecule has 220 valence electrons. The van der Waals surface area contributed by atoms with Crippen LogP contribution in [-0.2, 0) is 44.6 Å². The number of nitrogens with zero attached hydrogens (tertiary/aromatic N) is 2.